The van der Waals surface area contributed by atoms with Crippen molar-refractivity contribution in [2.75, 3.05) is 32.7 Å². The van der Waals surface area contributed by atoms with Crippen molar-refractivity contribution in [3.8, 4) is 0 Å². The Bertz CT molecular complexity index is 1750. The SMILES string of the molecule is CC[C@H](C)[C@H](N)C(=O)N1CCC[C@H]1C(=O)N[C@@H](CCC(=O)O)C(=O)N[C@H](C(=O)N1CCC[C@H]1C(=O)N1CCC[C@H]1C(=O)N1CCC[C@H]1C(=O)NCC(=O)O)[C@@H](C)OP(=O)(O)O. The van der Waals surface area contributed by atoms with Gasteiger partial charge in [-0.15, -0.1) is 0 Å². The Morgan fingerprint density at radius 1 is 0.705 bits per heavy atom. The average Bonchev–Trinajstić information content (AvgIpc) is 4.05. The highest BCUT2D eigenvalue weighted by atomic mass is 31.2. The Kier molecular flexibility index (Phi) is 17.2. The molecule has 0 aromatic carbocycles. The molecule has 4 aliphatic rings. The number of aliphatic carboxylic acids is 2. The van der Waals surface area contributed by atoms with Crippen LogP contribution in [-0.4, -0.2) is 174 Å². The van der Waals surface area contributed by atoms with E-state index in [-0.39, 0.29) is 64.2 Å². The molecular formula is C37H59N8O15P. The van der Waals surface area contributed by atoms with Crippen molar-refractivity contribution in [3.05, 3.63) is 0 Å². The van der Waals surface area contributed by atoms with E-state index in [0.717, 1.165) is 11.8 Å². The lowest BCUT2D eigenvalue weighted by Gasteiger charge is -2.36. The van der Waals surface area contributed by atoms with E-state index in [2.05, 4.69) is 16.0 Å². The molecule has 4 saturated heterocycles. The van der Waals surface area contributed by atoms with E-state index in [0.29, 0.717) is 25.7 Å². The lowest BCUT2D eigenvalue weighted by atomic mass is 9.98. The third-order valence-corrected chi connectivity index (χ3v) is 12.5. The number of amides is 7. The fourth-order valence-corrected chi connectivity index (χ4v) is 8.98. The van der Waals surface area contributed by atoms with Crippen LogP contribution in [0.2, 0.25) is 0 Å². The van der Waals surface area contributed by atoms with Gasteiger partial charge in [0.05, 0.1) is 12.1 Å². The number of carboxylic acid groups (broad SMARTS) is 2. The second-order valence-corrected chi connectivity index (χ2v) is 17.3. The molecule has 342 valence electrons. The van der Waals surface area contributed by atoms with Gasteiger partial charge in [-0.2, -0.15) is 0 Å². The van der Waals surface area contributed by atoms with E-state index in [9.17, 15) is 62.6 Å². The average molecular weight is 887 g/mol. The Morgan fingerprint density at radius 3 is 1.69 bits per heavy atom. The molecule has 0 saturated carbocycles. The van der Waals surface area contributed by atoms with Gasteiger partial charge in [-0.05, 0) is 70.6 Å². The highest BCUT2D eigenvalue weighted by molar-refractivity contribution is 7.46. The summed E-state index contributed by atoms with van der Waals surface area (Å²) in [4.78, 5) is 143. The summed E-state index contributed by atoms with van der Waals surface area (Å²) in [5.41, 5.74) is 6.17. The third-order valence-electron chi connectivity index (χ3n) is 11.9. The van der Waals surface area contributed by atoms with Crippen molar-refractivity contribution in [1.82, 2.24) is 35.6 Å². The minimum atomic E-state index is -5.31. The zero-order valence-corrected chi connectivity index (χ0v) is 35.5. The lowest BCUT2D eigenvalue weighted by Crippen LogP contribution is -2.61. The van der Waals surface area contributed by atoms with E-state index in [1.807, 2.05) is 6.92 Å². The van der Waals surface area contributed by atoms with Crippen LogP contribution in [-0.2, 0) is 52.2 Å². The van der Waals surface area contributed by atoms with E-state index in [1.165, 1.54) is 14.7 Å². The molecule has 0 radical (unpaired) electrons. The van der Waals surface area contributed by atoms with Crippen molar-refractivity contribution in [2.24, 2.45) is 11.7 Å². The van der Waals surface area contributed by atoms with Crippen molar-refractivity contribution in [3.63, 3.8) is 0 Å². The van der Waals surface area contributed by atoms with Crippen LogP contribution < -0.4 is 21.7 Å². The Hall–Kier alpha value is -4.70. The topological polar surface area (TPSA) is 336 Å². The molecule has 9 atom stereocenters. The molecule has 0 unspecified atom stereocenters. The second kappa shape index (κ2) is 21.4. The quantitative estimate of drug-likeness (QED) is 0.0642. The summed E-state index contributed by atoms with van der Waals surface area (Å²) in [6.45, 7) is 4.62. The number of phosphoric acid groups is 1. The van der Waals surface area contributed by atoms with Gasteiger partial charge in [0.25, 0.3) is 0 Å². The summed E-state index contributed by atoms with van der Waals surface area (Å²) in [5, 5.41) is 25.6. The molecule has 0 bridgehead atoms. The molecule has 4 rings (SSSR count). The fourth-order valence-electron chi connectivity index (χ4n) is 8.43. The van der Waals surface area contributed by atoms with Gasteiger partial charge in [-0.3, -0.25) is 47.7 Å². The minimum Gasteiger partial charge on any atom is -0.481 e. The molecule has 4 aliphatic heterocycles. The van der Waals surface area contributed by atoms with Crippen molar-refractivity contribution in [2.45, 2.75) is 140 Å². The van der Waals surface area contributed by atoms with Gasteiger partial charge in [-0.1, -0.05) is 20.3 Å². The van der Waals surface area contributed by atoms with Crippen molar-refractivity contribution in [1.29, 1.82) is 0 Å². The first-order valence-electron chi connectivity index (χ1n) is 20.7. The summed E-state index contributed by atoms with van der Waals surface area (Å²) in [5.74, 6) is -7.89. The maximum atomic E-state index is 14.4. The summed E-state index contributed by atoms with van der Waals surface area (Å²) < 4.78 is 16.8. The normalized spacial score (nSPS) is 24.1. The van der Waals surface area contributed by atoms with Gasteiger partial charge in [-0.25, -0.2) is 4.57 Å². The number of phosphoric ester groups is 1. The number of nitrogens with one attached hydrogen (secondary N) is 3. The van der Waals surface area contributed by atoms with Crippen LogP contribution in [0.25, 0.3) is 0 Å². The van der Waals surface area contributed by atoms with E-state index in [4.69, 9.17) is 15.4 Å². The molecule has 4 heterocycles. The number of nitrogens with two attached hydrogens (primary N) is 1. The van der Waals surface area contributed by atoms with Crippen molar-refractivity contribution >= 4 is 61.1 Å². The van der Waals surface area contributed by atoms with Crippen LogP contribution in [0, 0.1) is 5.92 Å². The molecule has 0 aliphatic carbocycles. The first-order chi connectivity index (χ1) is 28.7. The molecule has 4 fully saturated rings. The monoisotopic (exact) mass is 886 g/mol. The number of nitrogens with zero attached hydrogens (tertiary/aromatic N) is 4. The molecule has 61 heavy (non-hydrogen) atoms. The van der Waals surface area contributed by atoms with Gasteiger partial charge >= 0.3 is 19.8 Å². The number of rotatable bonds is 19. The van der Waals surface area contributed by atoms with E-state index in [1.54, 1.807) is 6.92 Å². The van der Waals surface area contributed by atoms with E-state index >= 15 is 0 Å². The molecule has 7 amide bonds. The number of carbonyl (C=O) groups excluding carboxylic acids is 7. The zero-order valence-electron chi connectivity index (χ0n) is 34.6. The van der Waals surface area contributed by atoms with Gasteiger partial charge < -0.3 is 61.3 Å². The van der Waals surface area contributed by atoms with E-state index < -0.39 is 129 Å². The largest absolute Gasteiger partial charge is 0.481 e. The van der Waals surface area contributed by atoms with Crippen LogP contribution in [0.3, 0.4) is 0 Å². The van der Waals surface area contributed by atoms with Gasteiger partial charge in [0.1, 0.15) is 42.8 Å². The summed E-state index contributed by atoms with van der Waals surface area (Å²) in [6.07, 6.45) is 0.253. The summed E-state index contributed by atoms with van der Waals surface area (Å²) in [6, 6.07) is -8.57. The first kappa shape index (κ1) is 49.0. The summed E-state index contributed by atoms with van der Waals surface area (Å²) >= 11 is 0. The Labute approximate surface area is 352 Å². The molecule has 0 spiro atoms. The van der Waals surface area contributed by atoms with Gasteiger partial charge in [0, 0.05) is 32.6 Å². The Balaban J connectivity index is 1.54. The minimum absolute atomic E-state index is 0.0435. The van der Waals surface area contributed by atoms with Crippen molar-refractivity contribution < 1.29 is 72.2 Å². The zero-order chi connectivity index (χ0) is 45.3. The Morgan fingerprint density at radius 2 is 1.18 bits per heavy atom. The fraction of sp³-hybridized carbons (Fsp3) is 0.757. The number of hydrogen-bond donors (Lipinski definition) is 8. The second-order valence-electron chi connectivity index (χ2n) is 16.1. The maximum absolute atomic E-state index is 14.4. The number of carboxylic acids is 2. The molecule has 24 heteroatoms. The predicted molar refractivity (Wildman–Crippen MR) is 210 cm³/mol. The molecule has 23 nitrogen and oxygen atoms in total. The van der Waals surface area contributed by atoms with Crippen LogP contribution in [0.5, 0.6) is 0 Å². The third kappa shape index (κ3) is 12.5. The van der Waals surface area contributed by atoms with Crippen LogP contribution >= 0.6 is 7.82 Å². The predicted octanol–water partition coefficient (Wildman–Crippen LogP) is -2.14. The van der Waals surface area contributed by atoms with Crippen LogP contribution in [0.1, 0.15) is 91.4 Å². The maximum Gasteiger partial charge on any atom is 0.469 e. The smallest absolute Gasteiger partial charge is 0.469 e. The van der Waals surface area contributed by atoms with Gasteiger partial charge in [0.15, 0.2) is 0 Å². The first-order valence-corrected chi connectivity index (χ1v) is 22.2. The molecule has 9 N–H and O–H groups in total. The van der Waals surface area contributed by atoms with Crippen LogP contribution in [0.15, 0.2) is 0 Å². The highest BCUT2D eigenvalue weighted by Crippen LogP contribution is 2.39. The van der Waals surface area contributed by atoms with Crippen LogP contribution in [0.4, 0.5) is 0 Å². The number of carbonyl (C=O) groups is 9. The lowest BCUT2D eigenvalue weighted by molar-refractivity contribution is -0.152. The molecular weight excluding hydrogens is 827 g/mol. The number of hydrogen-bond acceptors (Lipinski definition) is 12. The van der Waals surface area contributed by atoms with Gasteiger partial charge in [0.2, 0.25) is 41.4 Å². The molecule has 0 aromatic heterocycles. The highest BCUT2D eigenvalue weighted by Gasteiger charge is 2.48. The standard InChI is InChI=1S/C37H59N8O15P/c1-4-20(2)29(38)36(55)43-16-6-10-24(43)33(52)40-22(13-14-27(46)47)31(50)41-30(21(3)60-61(57,58)59)37(56)45-18-8-12-26(45)35(54)44-17-7-11-25(44)34(53)42-15-5-9-23(42)32(51)39-19-28(48)49/h20-26,29-30H,4-19,38H2,1-3H3,(H,39,51)(H,40,52)(H,41,50)(H,46,47)(H,48,49)(H2,57,58,59)/t20-,21+,22-,23-,24-,25-,26-,29-,30-/m0/s1. The number of likely N-dealkylation sites (tertiary alicyclic amines) is 4. The summed E-state index contributed by atoms with van der Waals surface area (Å²) in [7, 11) is -5.31. The molecule has 0 aromatic rings.